The van der Waals surface area contributed by atoms with Crippen LogP contribution in [0.4, 0.5) is 0 Å². The van der Waals surface area contributed by atoms with Crippen LogP contribution in [0.5, 0.6) is 11.5 Å². The van der Waals surface area contributed by atoms with Gasteiger partial charge in [-0.05, 0) is 42.5 Å². The first kappa shape index (κ1) is 15.6. The van der Waals surface area contributed by atoms with Crippen LogP contribution >= 0.6 is 0 Å². The topological polar surface area (TPSA) is 61.8 Å². The number of carbonyl (C=O) groups excluding carboxylic acids is 2. The van der Waals surface area contributed by atoms with E-state index in [-0.39, 0.29) is 6.61 Å². The van der Waals surface area contributed by atoms with Crippen molar-refractivity contribution in [3.63, 3.8) is 0 Å². The van der Waals surface area contributed by atoms with Crippen molar-refractivity contribution in [3.05, 3.63) is 59.2 Å². The molecule has 0 amide bonds. The molecule has 0 unspecified atom stereocenters. The van der Waals surface area contributed by atoms with Crippen molar-refractivity contribution < 1.29 is 23.8 Å². The van der Waals surface area contributed by atoms with Crippen molar-refractivity contribution in [1.82, 2.24) is 0 Å². The fraction of sp³-hybridized carbons (Fsp3) is 0.176. The van der Waals surface area contributed by atoms with Crippen molar-refractivity contribution in [2.75, 3.05) is 14.2 Å². The second kappa shape index (κ2) is 7.26. The molecule has 0 heterocycles. The van der Waals surface area contributed by atoms with Crippen LogP contribution in [0, 0.1) is 0 Å². The van der Waals surface area contributed by atoms with Gasteiger partial charge in [0.2, 0.25) is 0 Å². The summed E-state index contributed by atoms with van der Waals surface area (Å²) < 4.78 is 15.5. The number of rotatable bonds is 6. The zero-order chi connectivity index (χ0) is 15.9. The van der Waals surface area contributed by atoms with Gasteiger partial charge in [-0.15, -0.1) is 0 Å². The van der Waals surface area contributed by atoms with E-state index in [0.29, 0.717) is 22.6 Å². The Bertz CT molecular complexity index is 661. The van der Waals surface area contributed by atoms with E-state index in [1.807, 2.05) is 0 Å². The van der Waals surface area contributed by atoms with Gasteiger partial charge >= 0.3 is 5.97 Å². The second-order valence-corrected chi connectivity index (χ2v) is 4.49. The number of methoxy groups -OCH3 is 2. The summed E-state index contributed by atoms with van der Waals surface area (Å²) in [5.74, 6) is 0.856. The van der Waals surface area contributed by atoms with Gasteiger partial charge in [-0.1, -0.05) is 0 Å². The Morgan fingerprint density at radius 2 is 1.82 bits per heavy atom. The molecule has 22 heavy (non-hydrogen) atoms. The first-order valence-electron chi connectivity index (χ1n) is 6.61. The minimum atomic E-state index is -0.396. The summed E-state index contributed by atoms with van der Waals surface area (Å²) in [7, 11) is 2.89. The van der Waals surface area contributed by atoms with Crippen molar-refractivity contribution in [2.45, 2.75) is 6.61 Å². The highest BCUT2D eigenvalue weighted by Gasteiger charge is 2.07. The summed E-state index contributed by atoms with van der Waals surface area (Å²) in [5.41, 5.74) is 1.78. The van der Waals surface area contributed by atoms with E-state index < -0.39 is 5.97 Å². The van der Waals surface area contributed by atoms with Gasteiger partial charge in [0.15, 0.2) is 0 Å². The summed E-state index contributed by atoms with van der Waals surface area (Å²) in [5, 5.41) is 0. The van der Waals surface area contributed by atoms with E-state index in [2.05, 4.69) is 4.74 Å². The maximum absolute atomic E-state index is 11.3. The molecule has 0 bridgehead atoms. The molecule has 0 aliphatic carbocycles. The maximum Gasteiger partial charge on any atom is 0.337 e. The molecule has 0 radical (unpaired) electrons. The lowest BCUT2D eigenvalue weighted by atomic mass is 10.1. The highest BCUT2D eigenvalue weighted by Crippen LogP contribution is 2.22. The third-order valence-electron chi connectivity index (χ3n) is 3.11. The van der Waals surface area contributed by atoms with Crippen LogP contribution in [-0.2, 0) is 11.3 Å². The van der Waals surface area contributed by atoms with Crippen LogP contribution < -0.4 is 9.47 Å². The van der Waals surface area contributed by atoms with Crippen LogP contribution in [0.25, 0.3) is 0 Å². The molecule has 5 heteroatoms. The van der Waals surface area contributed by atoms with E-state index in [9.17, 15) is 9.59 Å². The monoisotopic (exact) mass is 300 g/mol. The van der Waals surface area contributed by atoms with Crippen LogP contribution in [-0.4, -0.2) is 26.5 Å². The SMILES string of the molecule is COC(=O)c1ccc(OCc2cc(C=O)ccc2OC)cc1. The third kappa shape index (κ3) is 3.63. The Hall–Kier alpha value is -2.82. The molecule has 114 valence electrons. The highest BCUT2D eigenvalue weighted by molar-refractivity contribution is 5.89. The maximum atomic E-state index is 11.3. The molecule has 0 aliphatic heterocycles. The highest BCUT2D eigenvalue weighted by atomic mass is 16.5. The van der Waals surface area contributed by atoms with Gasteiger partial charge in [-0.3, -0.25) is 4.79 Å². The molecule has 0 saturated carbocycles. The fourth-order valence-corrected chi connectivity index (χ4v) is 1.95. The second-order valence-electron chi connectivity index (χ2n) is 4.49. The first-order valence-corrected chi connectivity index (χ1v) is 6.61. The summed E-state index contributed by atoms with van der Waals surface area (Å²) in [4.78, 5) is 22.2. The minimum Gasteiger partial charge on any atom is -0.496 e. The molecule has 5 nitrogen and oxygen atoms in total. The lowest BCUT2D eigenvalue weighted by molar-refractivity contribution is 0.0600. The molecular weight excluding hydrogens is 284 g/mol. The third-order valence-corrected chi connectivity index (χ3v) is 3.11. The number of hydrogen-bond donors (Lipinski definition) is 0. The van der Waals surface area contributed by atoms with Crippen LogP contribution in [0.2, 0.25) is 0 Å². The minimum absolute atomic E-state index is 0.252. The summed E-state index contributed by atoms with van der Waals surface area (Å²) in [6, 6.07) is 11.7. The fourth-order valence-electron chi connectivity index (χ4n) is 1.95. The molecule has 2 aromatic carbocycles. The molecule has 2 aromatic rings. The molecule has 0 N–H and O–H groups in total. The Morgan fingerprint density at radius 3 is 2.41 bits per heavy atom. The Morgan fingerprint density at radius 1 is 1.09 bits per heavy atom. The quantitative estimate of drug-likeness (QED) is 0.606. The van der Waals surface area contributed by atoms with Crippen molar-refractivity contribution in [1.29, 1.82) is 0 Å². The Labute approximate surface area is 128 Å². The predicted octanol–water partition coefficient (Wildman–Crippen LogP) is 2.87. The summed E-state index contributed by atoms with van der Waals surface area (Å²) in [6.45, 7) is 0.252. The molecule has 0 atom stereocenters. The van der Waals surface area contributed by atoms with Gasteiger partial charge in [-0.25, -0.2) is 4.79 Å². The Kier molecular flexibility index (Phi) is 5.14. The normalized spacial score (nSPS) is 9.91. The number of hydrogen-bond acceptors (Lipinski definition) is 5. The van der Waals surface area contributed by atoms with E-state index in [4.69, 9.17) is 9.47 Å². The smallest absolute Gasteiger partial charge is 0.337 e. The zero-order valence-corrected chi connectivity index (χ0v) is 12.4. The van der Waals surface area contributed by atoms with Crippen LogP contribution in [0.15, 0.2) is 42.5 Å². The number of esters is 1. The van der Waals surface area contributed by atoms with E-state index in [1.165, 1.54) is 7.11 Å². The van der Waals surface area contributed by atoms with E-state index >= 15 is 0 Å². The van der Waals surface area contributed by atoms with E-state index in [0.717, 1.165) is 11.8 Å². The van der Waals surface area contributed by atoms with Gasteiger partial charge in [0.25, 0.3) is 0 Å². The zero-order valence-electron chi connectivity index (χ0n) is 12.4. The average molecular weight is 300 g/mol. The summed E-state index contributed by atoms with van der Waals surface area (Å²) in [6.07, 6.45) is 0.772. The van der Waals surface area contributed by atoms with Crippen LogP contribution in [0.1, 0.15) is 26.3 Å². The van der Waals surface area contributed by atoms with Gasteiger partial charge in [0.05, 0.1) is 19.8 Å². The van der Waals surface area contributed by atoms with Gasteiger partial charge in [0.1, 0.15) is 24.4 Å². The average Bonchev–Trinajstić information content (AvgIpc) is 2.59. The molecule has 0 aromatic heterocycles. The van der Waals surface area contributed by atoms with Crippen molar-refractivity contribution >= 4 is 12.3 Å². The van der Waals surface area contributed by atoms with E-state index in [1.54, 1.807) is 49.6 Å². The molecule has 0 fully saturated rings. The summed E-state index contributed by atoms with van der Waals surface area (Å²) >= 11 is 0. The standard InChI is InChI=1S/C17H16O5/c1-20-16-8-3-12(10-18)9-14(16)11-22-15-6-4-13(5-7-15)17(19)21-2/h3-10H,11H2,1-2H3. The van der Waals surface area contributed by atoms with Crippen molar-refractivity contribution in [2.24, 2.45) is 0 Å². The first-order chi connectivity index (χ1) is 10.7. The molecule has 0 spiro atoms. The Balaban J connectivity index is 2.09. The van der Waals surface area contributed by atoms with Gasteiger partial charge in [-0.2, -0.15) is 0 Å². The molecule has 0 saturated heterocycles. The lowest BCUT2D eigenvalue weighted by Gasteiger charge is -2.11. The van der Waals surface area contributed by atoms with Crippen molar-refractivity contribution in [3.8, 4) is 11.5 Å². The van der Waals surface area contributed by atoms with Gasteiger partial charge < -0.3 is 14.2 Å². The lowest BCUT2D eigenvalue weighted by Crippen LogP contribution is -2.02. The number of ether oxygens (including phenoxy) is 3. The number of aldehydes is 1. The predicted molar refractivity (Wildman–Crippen MR) is 80.5 cm³/mol. The molecule has 2 rings (SSSR count). The molecular formula is C17H16O5. The van der Waals surface area contributed by atoms with Gasteiger partial charge in [0, 0.05) is 11.1 Å². The van der Waals surface area contributed by atoms with Crippen LogP contribution in [0.3, 0.4) is 0 Å². The molecule has 0 aliphatic rings. The largest absolute Gasteiger partial charge is 0.496 e. The number of carbonyl (C=O) groups is 2. The number of benzene rings is 2.